The number of halogens is 2. The smallest absolute Gasteiger partial charge is 0.387 e. The highest BCUT2D eigenvalue weighted by atomic mass is 19.3. The fourth-order valence-electron chi connectivity index (χ4n) is 6.38. The maximum absolute atomic E-state index is 13.8. The first-order valence-corrected chi connectivity index (χ1v) is 15.2. The SMILES string of the molecule is CCOc1cc(C(c2ccccc2)N2CCN(C(=O)CC3CCN(B(C)O)CC3)[C@@H](C(C)(C)C)C2)ccc1OC(F)F. The van der Waals surface area contributed by atoms with Gasteiger partial charge in [-0.25, -0.2) is 0 Å². The molecular weight excluding hydrogens is 539 g/mol. The molecule has 0 radical (unpaired) electrons. The Kier molecular flexibility index (Phi) is 10.9. The molecule has 2 fully saturated rings. The molecule has 42 heavy (non-hydrogen) atoms. The fourth-order valence-corrected chi connectivity index (χ4v) is 6.38. The van der Waals surface area contributed by atoms with Crippen LogP contribution in [0.5, 0.6) is 11.5 Å². The van der Waals surface area contributed by atoms with E-state index in [1.807, 2.05) is 37.3 Å². The van der Waals surface area contributed by atoms with Crippen LogP contribution in [0.15, 0.2) is 48.5 Å². The van der Waals surface area contributed by atoms with Gasteiger partial charge >= 0.3 is 13.7 Å². The number of rotatable bonds is 10. The second kappa shape index (κ2) is 14.2. The van der Waals surface area contributed by atoms with E-state index >= 15 is 0 Å². The van der Waals surface area contributed by atoms with Crippen LogP contribution in [0.25, 0.3) is 0 Å². The zero-order chi connectivity index (χ0) is 30.4. The number of piperidine rings is 1. The Morgan fingerprint density at radius 3 is 2.31 bits per heavy atom. The van der Waals surface area contributed by atoms with Gasteiger partial charge < -0.3 is 24.2 Å². The Hall–Kier alpha value is -2.69. The van der Waals surface area contributed by atoms with E-state index in [-0.39, 0.29) is 29.2 Å². The van der Waals surface area contributed by atoms with Crippen molar-refractivity contribution in [1.29, 1.82) is 0 Å². The van der Waals surface area contributed by atoms with Crippen LogP contribution in [0, 0.1) is 11.3 Å². The number of hydrogen-bond donors (Lipinski definition) is 1. The van der Waals surface area contributed by atoms with Crippen molar-refractivity contribution < 1.29 is 28.1 Å². The largest absolute Gasteiger partial charge is 0.490 e. The van der Waals surface area contributed by atoms with Gasteiger partial charge in [-0.2, -0.15) is 8.78 Å². The van der Waals surface area contributed by atoms with Gasteiger partial charge in [0.1, 0.15) is 0 Å². The summed E-state index contributed by atoms with van der Waals surface area (Å²) in [7, 11) is -0.449. The molecule has 10 heteroatoms. The average molecular weight is 586 g/mol. The Balaban J connectivity index is 1.58. The number of carbonyl (C=O) groups is 1. The van der Waals surface area contributed by atoms with E-state index in [9.17, 15) is 18.6 Å². The van der Waals surface area contributed by atoms with Gasteiger partial charge in [-0.1, -0.05) is 57.2 Å². The van der Waals surface area contributed by atoms with E-state index in [1.54, 1.807) is 12.9 Å². The lowest BCUT2D eigenvalue weighted by Crippen LogP contribution is -2.60. The minimum Gasteiger partial charge on any atom is -0.490 e. The number of benzene rings is 2. The number of nitrogens with zero attached hydrogens (tertiary/aromatic N) is 3. The van der Waals surface area contributed by atoms with Gasteiger partial charge in [0.05, 0.1) is 12.6 Å². The van der Waals surface area contributed by atoms with Crippen LogP contribution in [0.1, 0.15) is 64.1 Å². The standard InChI is InChI=1S/C32H46BF2N3O4/c1-6-41-27-21-25(12-13-26(27)42-31(34)35)30(24-10-8-7-9-11-24)36-18-19-38(28(22-36)32(2,3)4)29(39)20-23-14-16-37(17-15-23)33(5)40/h7-13,21,23,28,30-31,40H,6,14-20,22H2,1-5H3/t28-,30?/m1/s1. The van der Waals surface area contributed by atoms with Crippen LogP contribution in [0.4, 0.5) is 8.78 Å². The second-order valence-electron chi connectivity index (χ2n) is 12.6. The van der Waals surface area contributed by atoms with Crippen molar-refractivity contribution in [2.45, 2.75) is 72.5 Å². The molecule has 4 rings (SSSR count). The molecule has 2 aliphatic heterocycles. The van der Waals surface area contributed by atoms with Crippen molar-refractivity contribution in [2.24, 2.45) is 11.3 Å². The molecule has 230 valence electrons. The number of hydrogen-bond acceptors (Lipinski definition) is 6. The predicted octanol–water partition coefficient (Wildman–Crippen LogP) is 5.55. The molecule has 1 unspecified atom stereocenters. The van der Waals surface area contributed by atoms with E-state index in [2.05, 4.69) is 47.5 Å². The highest BCUT2D eigenvalue weighted by Crippen LogP contribution is 2.39. The highest BCUT2D eigenvalue weighted by Gasteiger charge is 2.41. The molecule has 0 saturated carbocycles. The van der Waals surface area contributed by atoms with E-state index in [0.29, 0.717) is 44.3 Å². The second-order valence-corrected chi connectivity index (χ2v) is 12.6. The maximum Gasteiger partial charge on any atom is 0.387 e. The van der Waals surface area contributed by atoms with Gasteiger partial charge in [0.15, 0.2) is 11.5 Å². The lowest BCUT2D eigenvalue weighted by atomic mass is 9.80. The van der Waals surface area contributed by atoms with Crippen molar-refractivity contribution in [3.8, 4) is 11.5 Å². The van der Waals surface area contributed by atoms with E-state index < -0.39 is 13.7 Å². The van der Waals surface area contributed by atoms with Crippen LogP contribution in [0.3, 0.4) is 0 Å². The molecule has 2 aromatic rings. The van der Waals surface area contributed by atoms with Crippen molar-refractivity contribution in [2.75, 3.05) is 39.3 Å². The number of piperazine rings is 1. The predicted molar refractivity (Wildman–Crippen MR) is 162 cm³/mol. The molecule has 2 heterocycles. The minimum absolute atomic E-state index is 0.00434. The molecular formula is C32H46BF2N3O4. The summed E-state index contributed by atoms with van der Waals surface area (Å²) in [5.74, 6) is 0.839. The van der Waals surface area contributed by atoms with Crippen LogP contribution in [-0.2, 0) is 4.79 Å². The summed E-state index contributed by atoms with van der Waals surface area (Å²) in [4.78, 5) is 20.3. The molecule has 2 aromatic carbocycles. The lowest BCUT2D eigenvalue weighted by molar-refractivity contribution is -0.141. The van der Waals surface area contributed by atoms with Crippen LogP contribution >= 0.6 is 0 Å². The number of carbonyl (C=O) groups excluding carboxylic acids is 1. The van der Waals surface area contributed by atoms with Gasteiger partial charge in [0, 0.05) is 32.1 Å². The van der Waals surface area contributed by atoms with E-state index in [4.69, 9.17) is 9.47 Å². The first-order chi connectivity index (χ1) is 20.0. The highest BCUT2D eigenvalue weighted by molar-refractivity contribution is 6.45. The molecule has 1 N–H and O–H groups in total. The Bertz CT molecular complexity index is 1160. The zero-order valence-electron chi connectivity index (χ0n) is 25.6. The van der Waals surface area contributed by atoms with Crippen molar-refractivity contribution in [1.82, 2.24) is 14.6 Å². The summed E-state index contributed by atoms with van der Waals surface area (Å²) in [6, 6.07) is 15.2. The number of alkyl halides is 2. The summed E-state index contributed by atoms with van der Waals surface area (Å²) in [6.45, 7) is 11.1. The molecule has 0 aromatic heterocycles. The third kappa shape index (κ3) is 8.02. The molecule has 1 amide bonds. The Morgan fingerprint density at radius 1 is 1.02 bits per heavy atom. The number of ether oxygens (including phenoxy) is 2. The van der Waals surface area contributed by atoms with Crippen LogP contribution in [-0.4, -0.2) is 84.6 Å². The van der Waals surface area contributed by atoms with Crippen LogP contribution in [0.2, 0.25) is 6.82 Å². The summed E-state index contributed by atoms with van der Waals surface area (Å²) >= 11 is 0. The third-order valence-electron chi connectivity index (χ3n) is 8.65. The summed E-state index contributed by atoms with van der Waals surface area (Å²) in [5, 5.41) is 9.90. The van der Waals surface area contributed by atoms with Crippen molar-refractivity contribution in [3.63, 3.8) is 0 Å². The van der Waals surface area contributed by atoms with E-state index in [1.165, 1.54) is 0 Å². The average Bonchev–Trinajstić information content (AvgIpc) is 2.95. The topological polar surface area (TPSA) is 65.5 Å². The van der Waals surface area contributed by atoms with E-state index in [0.717, 1.165) is 37.1 Å². The zero-order valence-corrected chi connectivity index (χ0v) is 25.6. The van der Waals surface area contributed by atoms with Crippen molar-refractivity contribution in [3.05, 3.63) is 59.7 Å². The molecule has 0 aliphatic carbocycles. The summed E-state index contributed by atoms with van der Waals surface area (Å²) in [5.41, 5.74) is 1.85. The van der Waals surface area contributed by atoms with Gasteiger partial charge in [-0.3, -0.25) is 9.69 Å². The third-order valence-corrected chi connectivity index (χ3v) is 8.65. The summed E-state index contributed by atoms with van der Waals surface area (Å²) in [6.07, 6.45) is 2.37. The quantitative estimate of drug-likeness (QED) is 0.369. The molecule has 2 saturated heterocycles. The normalized spacial score (nSPS) is 20.0. The molecule has 0 spiro atoms. The maximum atomic E-state index is 13.8. The lowest BCUT2D eigenvalue weighted by Gasteiger charge is -2.50. The minimum atomic E-state index is -2.94. The fraction of sp³-hybridized carbons (Fsp3) is 0.594. The van der Waals surface area contributed by atoms with Gasteiger partial charge in [0.2, 0.25) is 5.91 Å². The van der Waals surface area contributed by atoms with Gasteiger partial charge in [0.25, 0.3) is 0 Å². The molecule has 0 bridgehead atoms. The Labute approximate surface area is 249 Å². The first kappa shape index (κ1) is 32.2. The monoisotopic (exact) mass is 585 g/mol. The Morgan fingerprint density at radius 2 is 1.71 bits per heavy atom. The van der Waals surface area contributed by atoms with Crippen molar-refractivity contribution >= 4 is 13.0 Å². The summed E-state index contributed by atoms with van der Waals surface area (Å²) < 4.78 is 36.6. The molecule has 2 aliphatic rings. The van der Waals surface area contributed by atoms with Crippen LogP contribution < -0.4 is 9.47 Å². The van der Waals surface area contributed by atoms with Gasteiger partial charge in [-0.05, 0) is 74.3 Å². The first-order valence-electron chi connectivity index (χ1n) is 15.2. The van der Waals surface area contributed by atoms with Gasteiger partial charge in [-0.15, -0.1) is 0 Å². The molecule has 2 atom stereocenters. The number of amides is 1. The molecule has 7 nitrogen and oxygen atoms in total.